The maximum atomic E-state index is 13.0. The number of benzene rings is 2. The highest BCUT2D eigenvalue weighted by atomic mass is 16.5. The van der Waals surface area contributed by atoms with E-state index in [1.165, 1.54) is 5.56 Å². The number of nitrogens with zero attached hydrogens (tertiary/aromatic N) is 1. The zero-order valence-corrected chi connectivity index (χ0v) is 17.8. The molecule has 0 spiro atoms. The quantitative estimate of drug-likeness (QED) is 0.785. The molecule has 2 aromatic rings. The second-order valence-electron chi connectivity index (χ2n) is 8.66. The molecule has 1 N–H and O–H groups in total. The van der Waals surface area contributed by atoms with Gasteiger partial charge in [-0.15, -0.1) is 0 Å². The first-order chi connectivity index (χ1) is 14.5. The Labute approximate surface area is 178 Å². The Morgan fingerprint density at radius 2 is 1.93 bits per heavy atom. The lowest BCUT2D eigenvalue weighted by atomic mass is 9.97. The molecule has 1 saturated heterocycles. The summed E-state index contributed by atoms with van der Waals surface area (Å²) < 4.78 is 6.01. The van der Waals surface area contributed by atoms with Crippen LogP contribution in [0.2, 0.25) is 0 Å². The maximum Gasteiger partial charge on any atom is 0.254 e. The average Bonchev–Trinajstić information content (AvgIpc) is 3.56. The minimum absolute atomic E-state index is 0.0362. The third-order valence-electron chi connectivity index (χ3n) is 5.91. The van der Waals surface area contributed by atoms with Gasteiger partial charge in [0.15, 0.2) is 0 Å². The van der Waals surface area contributed by atoms with E-state index < -0.39 is 0 Å². The van der Waals surface area contributed by atoms with Crippen molar-refractivity contribution < 1.29 is 14.3 Å². The van der Waals surface area contributed by atoms with E-state index in [0.717, 1.165) is 43.4 Å². The highest BCUT2D eigenvalue weighted by Gasteiger charge is 2.26. The largest absolute Gasteiger partial charge is 0.493 e. The van der Waals surface area contributed by atoms with Crippen molar-refractivity contribution in [2.75, 3.05) is 19.7 Å². The second kappa shape index (κ2) is 8.90. The summed E-state index contributed by atoms with van der Waals surface area (Å²) in [6.07, 6.45) is 4.16. The number of ether oxygens (including phenoxy) is 1. The molecule has 1 saturated carbocycles. The number of aryl methyl sites for hydroxylation is 2. The number of piperidine rings is 1. The van der Waals surface area contributed by atoms with Crippen LogP contribution in [-0.2, 0) is 0 Å². The molecule has 0 aromatic heterocycles. The van der Waals surface area contributed by atoms with Crippen LogP contribution < -0.4 is 10.1 Å². The summed E-state index contributed by atoms with van der Waals surface area (Å²) in [7, 11) is 0. The molecule has 1 unspecified atom stereocenters. The van der Waals surface area contributed by atoms with Crippen LogP contribution in [-0.4, -0.2) is 42.5 Å². The van der Waals surface area contributed by atoms with Crippen molar-refractivity contribution in [3.05, 3.63) is 64.7 Å². The molecule has 4 rings (SSSR count). The Morgan fingerprint density at radius 3 is 2.70 bits per heavy atom. The van der Waals surface area contributed by atoms with E-state index in [9.17, 15) is 9.59 Å². The van der Waals surface area contributed by atoms with E-state index in [4.69, 9.17) is 4.74 Å². The lowest BCUT2D eigenvalue weighted by Gasteiger charge is -2.33. The van der Waals surface area contributed by atoms with Gasteiger partial charge in [-0.1, -0.05) is 23.8 Å². The Morgan fingerprint density at radius 1 is 1.10 bits per heavy atom. The summed E-state index contributed by atoms with van der Waals surface area (Å²) in [4.78, 5) is 27.2. The Bertz CT molecular complexity index is 936. The van der Waals surface area contributed by atoms with E-state index in [1.54, 1.807) is 6.07 Å². The molecule has 1 aliphatic carbocycles. The predicted octanol–water partition coefficient (Wildman–Crippen LogP) is 4.13. The molecule has 5 heteroatoms. The zero-order chi connectivity index (χ0) is 21.1. The monoisotopic (exact) mass is 406 g/mol. The molecule has 2 amide bonds. The minimum atomic E-state index is -0.0362. The number of rotatable bonds is 6. The molecule has 1 heterocycles. The predicted molar refractivity (Wildman–Crippen MR) is 117 cm³/mol. The summed E-state index contributed by atoms with van der Waals surface area (Å²) in [5.74, 6) is 1.07. The highest BCUT2D eigenvalue weighted by Crippen LogP contribution is 2.23. The van der Waals surface area contributed by atoms with Crippen molar-refractivity contribution in [1.29, 1.82) is 0 Å². The topological polar surface area (TPSA) is 58.6 Å². The smallest absolute Gasteiger partial charge is 0.254 e. The van der Waals surface area contributed by atoms with Gasteiger partial charge in [0.2, 0.25) is 0 Å². The zero-order valence-electron chi connectivity index (χ0n) is 17.8. The molecule has 0 bridgehead atoms. The van der Waals surface area contributed by atoms with Crippen molar-refractivity contribution >= 4 is 11.8 Å². The Kier molecular flexibility index (Phi) is 6.07. The van der Waals surface area contributed by atoms with Gasteiger partial charge in [0.1, 0.15) is 5.75 Å². The molecule has 2 fully saturated rings. The fourth-order valence-corrected chi connectivity index (χ4v) is 4.05. The van der Waals surface area contributed by atoms with Crippen molar-refractivity contribution in [2.45, 2.75) is 45.6 Å². The fraction of sp³-hybridized carbons (Fsp3) is 0.440. The van der Waals surface area contributed by atoms with Gasteiger partial charge in [0.25, 0.3) is 11.8 Å². The van der Waals surface area contributed by atoms with Crippen molar-refractivity contribution in [1.82, 2.24) is 10.2 Å². The fourth-order valence-electron chi connectivity index (χ4n) is 4.05. The molecule has 30 heavy (non-hydrogen) atoms. The minimum Gasteiger partial charge on any atom is -0.493 e. The Hall–Kier alpha value is -2.82. The number of hydrogen-bond donors (Lipinski definition) is 1. The average molecular weight is 407 g/mol. The molecule has 158 valence electrons. The molecule has 1 atom stereocenters. The van der Waals surface area contributed by atoms with Crippen LogP contribution in [0.5, 0.6) is 5.75 Å². The number of likely N-dealkylation sites (tertiary alicyclic amines) is 1. The van der Waals surface area contributed by atoms with Crippen LogP contribution >= 0.6 is 0 Å². The van der Waals surface area contributed by atoms with Gasteiger partial charge in [-0.2, -0.15) is 0 Å². The van der Waals surface area contributed by atoms with Gasteiger partial charge in [-0.05, 0) is 69.4 Å². The third kappa shape index (κ3) is 5.02. The molecule has 2 aromatic carbocycles. The van der Waals surface area contributed by atoms with Gasteiger partial charge in [-0.3, -0.25) is 9.59 Å². The summed E-state index contributed by atoms with van der Waals surface area (Å²) in [5.41, 5.74) is 3.62. The first-order valence-corrected chi connectivity index (χ1v) is 10.9. The van der Waals surface area contributed by atoms with Gasteiger partial charge < -0.3 is 15.0 Å². The third-order valence-corrected chi connectivity index (χ3v) is 5.91. The van der Waals surface area contributed by atoms with Crippen LogP contribution in [0.15, 0.2) is 42.5 Å². The molecule has 5 nitrogen and oxygen atoms in total. The molecular weight excluding hydrogens is 376 g/mol. The van der Waals surface area contributed by atoms with Gasteiger partial charge >= 0.3 is 0 Å². The maximum absolute atomic E-state index is 13.0. The van der Waals surface area contributed by atoms with Crippen LogP contribution in [0.4, 0.5) is 0 Å². The summed E-state index contributed by atoms with van der Waals surface area (Å²) >= 11 is 0. The first kappa shape index (κ1) is 20.5. The molecule has 2 aliphatic rings. The SMILES string of the molecule is Cc1ccc(C(=O)N2CCCC(COc3cccc(C(=O)NC4CC4)c3)C2)c(C)c1. The lowest BCUT2D eigenvalue weighted by Crippen LogP contribution is -2.41. The van der Waals surface area contributed by atoms with Crippen LogP contribution in [0.1, 0.15) is 57.5 Å². The number of amides is 2. The Balaban J connectivity index is 1.34. The van der Waals surface area contributed by atoms with Gasteiger partial charge in [0.05, 0.1) is 6.61 Å². The second-order valence-corrected chi connectivity index (χ2v) is 8.66. The first-order valence-electron chi connectivity index (χ1n) is 10.9. The van der Waals surface area contributed by atoms with Crippen molar-refractivity contribution in [3.8, 4) is 5.75 Å². The van der Waals surface area contributed by atoms with E-state index in [1.807, 2.05) is 49.1 Å². The normalized spacial score (nSPS) is 18.7. The van der Waals surface area contributed by atoms with Gasteiger partial charge in [0, 0.05) is 36.2 Å². The summed E-state index contributed by atoms with van der Waals surface area (Å²) in [6, 6.07) is 13.7. The van der Waals surface area contributed by atoms with Crippen LogP contribution in [0.3, 0.4) is 0 Å². The summed E-state index contributed by atoms with van der Waals surface area (Å²) in [5, 5.41) is 3.01. The number of hydrogen-bond acceptors (Lipinski definition) is 3. The number of carbonyl (C=O) groups is 2. The molecule has 1 aliphatic heterocycles. The lowest BCUT2D eigenvalue weighted by molar-refractivity contribution is 0.0632. The van der Waals surface area contributed by atoms with Gasteiger partial charge in [-0.25, -0.2) is 0 Å². The molecular formula is C25H30N2O3. The van der Waals surface area contributed by atoms with Crippen LogP contribution in [0.25, 0.3) is 0 Å². The van der Waals surface area contributed by atoms with E-state index >= 15 is 0 Å². The van der Waals surface area contributed by atoms with E-state index in [0.29, 0.717) is 30.5 Å². The standard InChI is InChI=1S/C25H30N2O3/c1-17-8-11-23(18(2)13-17)25(29)27-12-4-5-19(15-27)16-30-22-7-3-6-20(14-22)24(28)26-21-9-10-21/h3,6-8,11,13-14,19,21H,4-5,9-10,12,15-16H2,1-2H3,(H,26,28). The number of carbonyl (C=O) groups excluding carboxylic acids is 2. The van der Waals surface area contributed by atoms with Crippen molar-refractivity contribution in [2.24, 2.45) is 5.92 Å². The number of nitrogens with one attached hydrogen (secondary N) is 1. The summed E-state index contributed by atoms with van der Waals surface area (Å²) in [6.45, 7) is 6.08. The highest BCUT2D eigenvalue weighted by molar-refractivity contribution is 5.96. The van der Waals surface area contributed by atoms with E-state index in [-0.39, 0.29) is 17.7 Å². The van der Waals surface area contributed by atoms with Crippen LogP contribution in [0, 0.1) is 19.8 Å². The van der Waals surface area contributed by atoms with E-state index in [2.05, 4.69) is 11.4 Å². The molecule has 0 radical (unpaired) electrons. The van der Waals surface area contributed by atoms with Crippen molar-refractivity contribution in [3.63, 3.8) is 0 Å².